The van der Waals surface area contributed by atoms with Crippen LogP contribution in [0.25, 0.3) is 0 Å². The molecule has 1 saturated carbocycles. The van der Waals surface area contributed by atoms with Crippen molar-refractivity contribution >= 4 is 39.3 Å². The van der Waals surface area contributed by atoms with Crippen LogP contribution < -0.4 is 10.1 Å². The van der Waals surface area contributed by atoms with Crippen LogP contribution in [0.1, 0.15) is 57.4 Å². The second-order valence-electron chi connectivity index (χ2n) is 8.57. The standard InChI is InChI=1S/C26H32BrClN2O3/c1-19(26(32)29-23-6-3-2-4-7-23)30(18-20-9-11-21(27)12-10-20)25(31)8-5-17-33-24-15-13-22(28)14-16-24/h9-16,19,23H,2-8,17-18H2,1H3,(H,29,32). The van der Waals surface area contributed by atoms with Crippen LogP contribution in [0.5, 0.6) is 5.75 Å². The van der Waals surface area contributed by atoms with Gasteiger partial charge in [-0.3, -0.25) is 9.59 Å². The number of carbonyl (C=O) groups is 2. The van der Waals surface area contributed by atoms with Crippen LogP contribution in [-0.4, -0.2) is 35.4 Å². The normalized spacial score (nSPS) is 15.0. The van der Waals surface area contributed by atoms with E-state index in [4.69, 9.17) is 16.3 Å². The van der Waals surface area contributed by atoms with Crippen molar-refractivity contribution in [2.45, 2.75) is 70.5 Å². The Labute approximate surface area is 210 Å². The van der Waals surface area contributed by atoms with Gasteiger partial charge in [0.25, 0.3) is 0 Å². The summed E-state index contributed by atoms with van der Waals surface area (Å²) in [6.07, 6.45) is 6.43. The van der Waals surface area contributed by atoms with Gasteiger partial charge in [-0.1, -0.05) is 58.9 Å². The van der Waals surface area contributed by atoms with Crippen molar-refractivity contribution in [3.63, 3.8) is 0 Å². The third-order valence-electron chi connectivity index (χ3n) is 6.00. The highest BCUT2D eigenvalue weighted by Crippen LogP contribution is 2.20. The SMILES string of the molecule is CC(C(=O)NC1CCCCC1)N(Cc1ccc(Br)cc1)C(=O)CCCOc1ccc(Cl)cc1. The van der Waals surface area contributed by atoms with Gasteiger partial charge >= 0.3 is 0 Å². The highest BCUT2D eigenvalue weighted by molar-refractivity contribution is 9.10. The summed E-state index contributed by atoms with van der Waals surface area (Å²) in [6.45, 7) is 2.63. The van der Waals surface area contributed by atoms with Crippen molar-refractivity contribution in [3.8, 4) is 5.75 Å². The van der Waals surface area contributed by atoms with Gasteiger partial charge in [0.05, 0.1) is 6.61 Å². The Hall–Kier alpha value is -2.05. The van der Waals surface area contributed by atoms with Gasteiger partial charge in [-0.2, -0.15) is 0 Å². The van der Waals surface area contributed by atoms with Gasteiger partial charge in [-0.05, 0) is 68.1 Å². The first-order valence-corrected chi connectivity index (χ1v) is 12.8. The molecule has 2 amide bonds. The molecule has 1 atom stereocenters. The van der Waals surface area contributed by atoms with E-state index in [2.05, 4.69) is 21.2 Å². The van der Waals surface area contributed by atoms with Crippen LogP contribution in [0.2, 0.25) is 5.02 Å². The number of nitrogens with one attached hydrogen (secondary N) is 1. The van der Waals surface area contributed by atoms with E-state index in [-0.39, 0.29) is 17.9 Å². The summed E-state index contributed by atoms with van der Waals surface area (Å²) >= 11 is 9.35. The average Bonchev–Trinajstić information content (AvgIpc) is 2.82. The Morgan fingerprint density at radius 1 is 1.09 bits per heavy atom. The molecule has 1 unspecified atom stereocenters. The van der Waals surface area contributed by atoms with Gasteiger partial charge in [0.1, 0.15) is 11.8 Å². The number of amides is 2. The summed E-state index contributed by atoms with van der Waals surface area (Å²) in [5.41, 5.74) is 0.987. The molecule has 0 heterocycles. The Bertz CT molecular complexity index is 899. The zero-order valence-electron chi connectivity index (χ0n) is 19.1. The van der Waals surface area contributed by atoms with E-state index in [1.165, 1.54) is 6.42 Å². The zero-order valence-corrected chi connectivity index (χ0v) is 21.4. The minimum Gasteiger partial charge on any atom is -0.494 e. The van der Waals surface area contributed by atoms with Crippen LogP contribution in [0, 0.1) is 0 Å². The summed E-state index contributed by atoms with van der Waals surface area (Å²) in [5, 5.41) is 3.82. The van der Waals surface area contributed by atoms with E-state index in [0.29, 0.717) is 31.0 Å². The molecule has 0 saturated heterocycles. The lowest BCUT2D eigenvalue weighted by Crippen LogP contribution is -2.50. The predicted octanol–water partition coefficient (Wildman–Crippen LogP) is 6.13. The fourth-order valence-electron chi connectivity index (χ4n) is 4.03. The quantitative estimate of drug-likeness (QED) is 0.373. The Morgan fingerprint density at radius 2 is 1.76 bits per heavy atom. The number of rotatable bonds is 10. The topological polar surface area (TPSA) is 58.6 Å². The zero-order chi connectivity index (χ0) is 23.6. The van der Waals surface area contributed by atoms with Crippen molar-refractivity contribution in [1.82, 2.24) is 10.2 Å². The van der Waals surface area contributed by atoms with E-state index >= 15 is 0 Å². The predicted molar refractivity (Wildman–Crippen MR) is 135 cm³/mol. The van der Waals surface area contributed by atoms with E-state index in [0.717, 1.165) is 41.5 Å². The van der Waals surface area contributed by atoms with Gasteiger partial charge in [0, 0.05) is 28.5 Å². The number of benzene rings is 2. The Balaban J connectivity index is 1.59. The first kappa shape index (κ1) is 25.6. The van der Waals surface area contributed by atoms with Crippen molar-refractivity contribution < 1.29 is 14.3 Å². The van der Waals surface area contributed by atoms with Crippen molar-refractivity contribution in [2.24, 2.45) is 0 Å². The van der Waals surface area contributed by atoms with Crippen molar-refractivity contribution in [1.29, 1.82) is 0 Å². The monoisotopic (exact) mass is 534 g/mol. The maximum atomic E-state index is 13.2. The summed E-state index contributed by atoms with van der Waals surface area (Å²) < 4.78 is 6.70. The second-order valence-corrected chi connectivity index (χ2v) is 9.93. The van der Waals surface area contributed by atoms with E-state index < -0.39 is 6.04 Å². The molecule has 0 aliphatic heterocycles. The molecule has 5 nitrogen and oxygen atoms in total. The highest BCUT2D eigenvalue weighted by Gasteiger charge is 2.27. The van der Waals surface area contributed by atoms with Crippen LogP contribution in [0.3, 0.4) is 0 Å². The Kier molecular flexibility index (Phi) is 10.1. The largest absolute Gasteiger partial charge is 0.494 e. The maximum absolute atomic E-state index is 13.2. The lowest BCUT2D eigenvalue weighted by atomic mass is 9.95. The number of carbonyl (C=O) groups excluding carboxylic acids is 2. The van der Waals surface area contributed by atoms with Gasteiger partial charge in [-0.15, -0.1) is 0 Å². The second kappa shape index (κ2) is 13.0. The lowest BCUT2D eigenvalue weighted by molar-refractivity contribution is -0.141. The molecule has 33 heavy (non-hydrogen) atoms. The number of halogens is 2. The fourth-order valence-corrected chi connectivity index (χ4v) is 4.42. The molecule has 0 aromatic heterocycles. The summed E-state index contributed by atoms with van der Waals surface area (Å²) in [4.78, 5) is 27.9. The smallest absolute Gasteiger partial charge is 0.242 e. The first-order valence-electron chi connectivity index (χ1n) is 11.6. The number of hydrogen-bond donors (Lipinski definition) is 1. The van der Waals surface area contributed by atoms with Crippen LogP contribution in [-0.2, 0) is 16.1 Å². The highest BCUT2D eigenvalue weighted by atomic mass is 79.9. The summed E-state index contributed by atoms with van der Waals surface area (Å²) in [6, 6.07) is 14.7. The fraction of sp³-hybridized carbons (Fsp3) is 0.462. The third-order valence-corrected chi connectivity index (χ3v) is 6.78. The third kappa shape index (κ3) is 8.35. The molecule has 1 fully saturated rings. The molecule has 3 rings (SSSR count). The average molecular weight is 536 g/mol. The molecule has 7 heteroatoms. The van der Waals surface area contributed by atoms with Gasteiger partial charge in [0.2, 0.25) is 11.8 Å². The van der Waals surface area contributed by atoms with Crippen LogP contribution >= 0.6 is 27.5 Å². The molecule has 178 valence electrons. The minimum absolute atomic E-state index is 0.0519. The van der Waals surface area contributed by atoms with E-state index in [1.807, 2.05) is 43.3 Å². The van der Waals surface area contributed by atoms with Crippen molar-refractivity contribution in [2.75, 3.05) is 6.61 Å². The Morgan fingerprint density at radius 3 is 2.42 bits per heavy atom. The molecule has 0 spiro atoms. The minimum atomic E-state index is -0.541. The molecule has 1 N–H and O–H groups in total. The van der Waals surface area contributed by atoms with Crippen LogP contribution in [0.4, 0.5) is 0 Å². The molecule has 0 radical (unpaired) electrons. The van der Waals surface area contributed by atoms with E-state index in [1.54, 1.807) is 17.0 Å². The van der Waals surface area contributed by atoms with Crippen LogP contribution in [0.15, 0.2) is 53.0 Å². The van der Waals surface area contributed by atoms with E-state index in [9.17, 15) is 9.59 Å². The molecule has 1 aliphatic carbocycles. The number of nitrogens with zero attached hydrogens (tertiary/aromatic N) is 1. The molecule has 2 aromatic carbocycles. The lowest BCUT2D eigenvalue weighted by Gasteiger charge is -2.31. The molecule has 0 bridgehead atoms. The first-order chi connectivity index (χ1) is 15.9. The number of hydrogen-bond acceptors (Lipinski definition) is 3. The molecular formula is C26H32BrClN2O3. The number of ether oxygens (including phenoxy) is 1. The maximum Gasteiger partial charge on any atom is 0.242 e. The van der Waals surface area contributed by atoms with Gasteiger partial charge in [-0.25, -0.2) is 0 Å². The van der Waals surface area contributed by atoms with Crippen molar-refractivity contribution in [3.05, 3.63) is 63.6 Å². The van der Waals surface area contributed by atoms with Gasteiger partial charge in [0.15, 0.2) is 0 Å². The van der Waals surface area contributed by atoms with Gasteiger partial charge < -0.3 is 15.0 Å². The molecule has 2 aromatic rings. The molecule has 1 aliphatic rings. The summed E-state index contributed by atoms with van der Waals surface area (Å²) in [7, 11) is 0. The summed E-state index contributed by atoms with van der Waals surface area (Å²) in [5.74, 6) is 0.590. The molecular weight excluding hydrogens is 504 g/mol.